The molecule has 0 bridgehead atoms. The van der Waals surface area contributed by atoms with Gasteiger partial charge in [-0.25, -0.2) is 19.4 Å². The van der Waals surface area contributed by atoms with Gasteiger partial charge >= 0.3 is 17.9 Å². The van der Waals surface area contributed by atoms with Crippen molar-refractivity contribution in [1.82, 2.24) is 29.8 Å². The fourth-order valence-electron chi connectivity index (χ4n) is 7.30. The summed E-state index contributed by atoms with van der Waals surface area (Å²) in [7, 11) is 0. The summed E-state index contributed by atoms with van der Waals surface area (Å²) in [4.78, 5) is 43.9. The first kappa shape index (κ1) is 40.0. The summed E-state index contributed by atoms with van der Waals surface area (Å²) in [5.74, 6) is -1.79. The lowest BCUT2D eigenvalue weighted by Crippen LogP contribution is -2.39. The van der Waals surface area contributed by atoms with Gasteiger partial charge in [0.25, 0.3) is 0 Å². The summed E-state index contributed by atoms with van der Waals surface area (Å²) in [5, 5.41) is 14.6. The summed E-state index contributed by atoms with van der Waals surface area (Å²) in [6, 6.07) is 46.6. The van der Waals surface area contributed by atoms with E-state index in [2.05, 4.69) is 41.4 Å². The van der Waals surface area contributed by atoms with Crippen LogP contribution in [0.25, 0.3) is 22.5 Å². The SMILES string of the molecule is CCCc1nc(COC(=O)C(=O)OCC)c(C(=O)OCC)n1Cc1ccc(-c2ccccc2-c2nnn(C(c3ccccc3)(c3ccccc3)c3ccccc3)n2)cc1. The summed E-state index contributed by atoms with van der Waals surface area (Å²) < 4.78 is 17.1. The molecule has 0 aliphatic rings. The van der Waals surface area contributed by atoms with Gasteiger partial charge in [-0.15, -0.1) is 15.0 Å². The predicted molar refractivity (Wildman–Crippen MR) is 221 cm³/mol. The van der Waals surface area contributed by atoms with E-state index in [-0.39, 0.29) is 24.6 Å². The minimum Gasteiger partial charge on any atom is -0.461 e. The molecule has 7 aromatic rings. The minimum absolute atomic E-state index is 0.0268. The second-order valence-corrected chi connectivity index (χ2v) is 13.6. The molecule has 0 fully saturated rings. The van der Waals surface area contributed by atoms with E-state index in [1.165, 1.54) is 0 Å². The lowest BCUT2D eigenvalue weighted by atomic mass is 9.77. The van der Waals surface area contributed by atoms with Crippen LogP contribution in [-0.4, -0.2) is 60.9 Å². The number of rotatable bonds is 15. The first-order valence-electron chi connectivity index (χ1n) is 19.6. The predicted octanol–water partition coefficient (Wildman–Crippen LogP) is 7.83. The van der Waals surface area contributed by atoms with Crippen LogP contribution in [0.4, 0.5) is 0 Å². The number of carbonyl (C=O) groups excluding carboxylic acids is 3. The van der Waals surface area contributed by atoms with Crippen LogP contribution in [-0.2, 0) is 48.9 Å². The van der Waals surface area contributed by atoms with Gasteiger partial charge in [0, 0.05) is 18.5 Å². The zero-order chi connectivity index (χ0) is 41.2. The molecule has 59 heavy (non-hydrogen) atoms. The van der Waals surface area contributed by atoms with Crippen LogP contribution in [0.3, 0.4) is 0 Å². The van der Waals surface area contributed by atoms with Gasteiger partial charge in [-0.2, -0.15) is 0 Å². The quantitative estimate of drug-likeness (QED) is 0.0437. The van der Waals surface area contributed by atoms with Crippen LogP contribution in [0.5, 0.6) is 0 Å². The molecule has 0 saturated carbocycles. The fraction of sp³-hybridized carbons (Fsp3) is 0.213. The minimum atomic E-state index is -1.16. The number of aryl methyl sites for hydroxylation is 1. The van der Waals surface area contributed by atoms with Crippen LogP contribution < -0.4 is 0 Å². The van der Waals surface area contributed by atoms with E-state index in [1.807, 2.05) is 110 Å². The Morgan fingerprint density at radius 1 is 0.627 bits per heavy atom. The molecule has 12 heteroatoms. The molecule has 0 saturated heterocycles. The number of hydrogen-bond donors (Lipinski definition) is 0. The summed E-state index contributed by atoms with van der Waals surface area (Å²) in [6.45, 7) is 5.37. The van der Waals surface area contributed by atoms with E-state index >= 15 is 0 Å². The Balaban J connectivity index is 1.23. The number of imidazole rings is 1. The van der Waals surface area contributed by atoms with E-state index in [0.29, 0.717) is 24.6 Å². The van der Waals surface area contributed by atoms with Gasteiger partial charge in [-0.3, -0.25) is 0 Å². The number of carbonyl (C=O) groups is 3. The summed E-state index contributed by atoms with van der Waals surface area (Å²) >= 11 is 0. The van der Waals surface area contributed by atoms with Crippen molar-refractivity contribution in [3.63, 3.8) is 0 Å². The normalized spacial score (nSPS) is 11.2. The highest BCUT2D eigenvalue weighted by atomic mass is 16.6. The van der Waals surface area contributed by atoms with Gasteiger partial charge in [0.05, 0.1) is 13.2 Å². The molecular formula is C47H44N6O6. The van der Waals surface area contributed by atoms with Crippen molar-refractivity contribution in [3.8, 4) is 22.5 Å². The second kappa shape index (κ2) is 18.4. The zero-order valence-corrected chi connectivity index (χ0v) is 33.2. The lowest BCUT2D eigenvalue weighted by Gasteiger charge is -2.34. The molecule has 2 aromatic heterocycles. The Labute approximate surface area is 342 Å². The van der Waals surface area contributed by atoms with Gasteiger partial charge in [0.15, 0.2) is 11.2 Å². The van der Waals surface area contributed by atoms with Crippen LogP contribution in [0, 0.1) is 0 Å². The Morgan fingerprint density at radius 2 is 1.17 bits per heavy atom. The lowest BCUT2D eigenvalue weighted by molar-refractivity contribution is -0.168. The zero-order valence-electron chi connectivity index (χ0n) is 33.2. The Morgan fingerprint density at radius 3 is 1.73 bits per heavy atom. The van der Waals surface area contributed by atoms with Gasteiger partial charge in [0.1, 0.15) is 18.1 Å². The standard InChI is InChI=1S/C47H44N6O6/c1-4-18-41-48-40(32-59-46(56)45(55)58-6-3)42(44(54)57-5-2)52(41)31-33-27-29-34(30-28-33)38-25-16-17-26-39(38)43-49-51-53(50-43)47(35-19-10-7-11-20-35,36-21-12-8-13-22-36)37-23-14-9-15-24-37/h7-17,19-30H,4-6,18,31-32H2,1-3H3. The van der Waals surface area contributed by atoms with Crippen molar-refractivity contribution >= 4 is 17.9 Å². The van der Waals surface area contributed by atoms with E-state index in [0.717, 1.165) is 45.4 Å². The third-order valence-electron chi connectivity index (χ3n) is 9.91. The Hall–Kier alpha value is -7.21. The van der Waals surface area contributed by atoms with E-state index in [1.54, 1.807) is 23.2 Å². The molecule has 2 heterocycles. The highest BCUT2D eigenvalue weighted by Gasteiger charge is 2.41. The Kier molecular flexibility index (Phi) is 12.5. The van der Waals surface area contributed by atoms with Gasteiger partial charge in [-0.1, -0.05) is 146 Å². The van der Waals surface area contributed by atoms with Crippen molar-refractivity contribution in [2.75, 3.05) is 13.2 Å². The summed E-state index contributed by atoms with van der Waals surface area (Å²) in [6.07, 6.45) is 1.30. The monoisotopic (exact) mass is 788 g/mol. The topological polar surface area (TPSA) is 140 Å². The smallest absolute Gasteiger partial charge is 0.417 e. The molecule has 0 spiro atoms. The van der Waals surface area contributed by atoms with Crippen LogP contribution >= 0.6 is 0 Å². The number of benzene rings is 5. The third kappa shape index (κ3) is 8.29. The molecule has 298 valence electrons. The largest absolute Gasteiger partial charge is 0.461 e. The Bertz CT molecular complexity index is 2420. The van der Waals surface area contributed by atoms with Crippen molar-refractivity contribution in [2.45, 2.75) is 52.3 Å². The molecule has 0 aliphatic carbocycles. The average molecular weight is 789 g/mol. The molecule has 0 amide bonds. The number of nitrogens with zero attached hydrogens (tertiary/aromatic N) is 6. The number of ether oxygens (including phenoxy) is 3. The molecular weight excluding hydrogens is 745 g/mol. The van der Waals surface area contributed by atoms with E-state index < -0.39 is 30.1 Å². The molecule has 0 unspecified atom stereocenters. The molecule has 12 nitrogen and oxygen atoms in total. The highest BCUT2D eigenvalue weighted by Crippen LogP contribution is 2.40. The van der Waals surface area contributed by atoms with Gasteiger partial charge < -0.3 is 18.8 Å². The van der Waals surface area contributed by atoms with Crippen LogP contribution in [0.15, 0.2) is 140 Å². The molecule has 5 aromatic carbocycles. The maximum Gasteiger partial charge on any atom is 0.417 e. The third-order valence-corrected chi connectivity index (χ3v) is 9.91. The van der Waals surface area contributed by atoms with Crippen LogP contribution in [0.2, 0.25) is 0 Å². The molecule has 0 aliphatic heterocycles. The fourth-order valence-corrected chi connectivity index (χ4v) is 7.30. The van der Waals surface area contributed by atoms with Crippen molar-refractivity contribution in [1.29, 1.82) is 0 Å². The first-order chi connectivity index (χ1) is 28.9. The van der Waals surface area contributed by atoms with Crippen molar-refractivity contribution in [3.05, 3.63) is 179 Å². The van der Waals surface area contributed by atoms with Gasteiger partial charge in [-0.05, 0) is 58.9 Å². The van der Waals surface area contributed by atoms with Crippen molar-refractivity contribution in [2.24, 2.45) is 0 Å². The number of tetrazole rings is 1. The number of esters is 3. The van der Waals surface area contributed by atoms with E-state index in [4.69, 9.17) is 29.6 Å². The summed E-state index contributed by atoms with van der Waals surface area (Å²) in [5.41, 5.74) is 5.95. The molecule has 0 atom stereocenters. The maximum atomic E-state index is 13.4. The molecule has 0 N–H and O–H groups in total. The second-order valence-electron chi connectivity index (χ2n) is 13.6. The maximum absolute atomic E-state index is 13.4. The van der Waals surface area contributed by atoms with Crippen molar-refractivity contribution < 1.29 is 28.6 Å². The molecule has 0 radical (unpaired) electrons. The van der Waals surface area contributed by atoms with Gasteiger partial charge in [0.2, 0.25) is 5.82 Å². The number of aromatic nitrogens is 6. The van der Waals surface area contributed by atoms with Crippen LogP contribution in [0.1, 0.15) is 71.5 Å². The first-order valence-corrected chi connectivity index (χ1v) is 19.6. The average Bonchev–Trinajstić information content (AvgIpc) is 3.90. The molecule has 7 rings (SSSR count). The highest BCUT2D eigenvalue weighted by molar-refractivity contribution is 6.29. The van der Waals surface area contributed by atoms with E-state index in [9.17, 15) is 14.4 Å². The number of hydrogen-bond acceptors (Lipinski definition) is 10.